The van der Waals surface area contributed by atoms with Gasteiger partial charge in [0.1, 0.15) is 11.6 Å². The van der Waals surface area contributed by atoms with Gasteiger partial charge in [0.2, 0.25) is 0 Å². The van der Waals surface area contributed by atoms with E-state index in [1.807, 2.05) is 0 Å². The maximum atomic E-state index is 13.6. The molecular formula is C16H23F2NO. The van der Waals surface area contributed by atoms with Gasteiger partial charge in [0.25, 0.3) is 0 Å². The number of hydrogen-bond donors (Lipinski definition) is 2. The van der Waals surface area contributed by atoms with Crippen LogP contribution in [0.25, 0.3) is 0 Å². The third-order valence-electron chi connectivity index (χ3n) is 4.14. The summed E-state index contributed by atoms with van der Waals surface area (Å²) in [5, 5.41) is 13.2. The van der Waals surface area contributed by atoms with Crippen LogP contribution in [0.2, 0.25) is 0 Å². The highest BCUT2D eigenvalue weighted by Crippen LogP contribution is 2.35. The Labute approximate surface area is 119 Å². The highest BCUT2D eigenvalue weighted by atomic mass is 19.1. The zero-order chi connectivity index (χ0) is 14.8. The second-order valence-electron chi connectivity index (χ2n) is 6.52. The fourth-order valence-electron chi connectivity index (χ4n) is 3.08. The summed E-state index contributed by atoms with van der Waals surface area (Å²) < 4.78 is 27.1. The first kappa shape index (κ1) is 15.4. The fraction of sp³-hybridized carbons (Fsp3) is 0.625. The molecule has 1 aromatic carbocycles. The molecule has 0 bridgehead atoms. The van der Waals surface area contributed by atoms with Gasteiger partial charge >= 0.3 is 0 Å². The van der Waals surface area contributed by atoms with Crippen LogP contribution in [0.3, 0.4) is 0 Å². The van der Waals surface area contributed by atoms with Crippen LogP contribution >= 0.6 is 0 Å². The standard InChI is InChI=1S/C16H23F2NO/c1-16(2)8-4-5-11(9-16)19-10-14(20)15-12(17)6-3-7-13(15)18/h3,6-7,11,14,19-20H,4-5,8-10H2,1-2H3. The van der Waals surface area contributed by atoms with Gasteiger partial charge in [-0.2, -0.15) is 0 Å². The van der Waals surface area contributed by atoms with Crippen LogP contribution in [-0.4, -0.2) is 17.7 Å². The Kier molecular flexibility index (Phi) is 4.76. The predicted molar refractivity (Wildman–Crippen MR) is 75.4 cm³/mol. The number of aliphatic hydroxyl groups excluding tert-OH is 1. The SMILES string of the molecule is CC1(C)CCCC(NCC(O)c2c(F)cccc2F)C1. The van der Waals surface area contributed by atoms with Gasteiger partial charge in [-0.25, -0.2) is 8.78 Å². The Balaban J connectivity index is 1.94. The molecule has 1 aliphatic carbocycles. The van der Waals surface area contributed by atoms with E-state index < -0.39 is 17.7 Å². The van der Waals surface area contributed by atoms with E-state index in [1.165, 1.54) is 24.6 Å². The van der Waals surface area contributed by atoms with Gasteiger partial charge in [0.15, 0.2) is 0 Å². The van der Waals surface area contributed by atoms with Crippen LogP contribution in [0.15, 0.2) is 18.2 Å². The van der Waals surface area contributed by atoms with Crippen LogP contribution in [0, 0.1) is 17.0 Å². The highest BCUT2D eigenvalue weighted by molar-refractivity contribution is 5.22. The summed E-state index contributed by atoms with van der Waals surface area (Å²) in [6, 6.07) is 3.96. The van der Waals surface area contributed by atoms with Crippen molar-refractivity contribution in [1.82, 2.24) is 5.32 Å². The van der Waals surface area contributed by atoms with E-state index in [1.54, 1.807) is 0 Å². The highest BCUT2D eigenvalue weighted by Gasteiger charge is 2.28. The van der Waals surface area contributed by atoms with Crippen molar-refractivity contribution in [3.63, 3.8) is 0 Å². The number of rotatable bonds is 4. The number of hydrogen-bond acceptors (Lipinski definition) is 2. The summed E-state index contributed by atoms with van der Waals surface area (Å²) in [6.45, 7) is 4.64. The van der Waals surface area contributed by atoms with Gasteiger partial charge in [-0.3, -0.25) is 0 Å². The lowest BCUT2D eigenvalue weighted by Gasteiger charge is -2.36. The van der Waals surface area contributed by atoms with Gasteiger partial charge in [-0.05, 0) is 36.8 Å². The van der Waals surface area contributed by atoms with E-state index in [0.29, 0.717) is 11.5 Å². The van der Waals surface area contributed by atoms with Crippen LogP contribution < -0.4 is 5.32 Å². The Morgan fingerprint density at radius 1 is 1.35 bits per heavy atom. The Hall–Kier alpha value is -1.00. The predicted octanol–water partition coefficient (Wildman–Crippen LogP) is 3.56. The summed E-state index contributed by atoms with van der Waals surface area (Å²) in [5.74, 6) is -1.38. The van der Waals surface area contributed by atoms with E-state index in [-0.39, 0.29) is 12.1 Å². The zero-order valence-corrected chi connectivity index (χ0v) is 12.1. The third kappa shape index (κ3) is 3.76. The van der Waals surface area contributed by atoms with Crippen molar-refractivity contribution in [1.29, 1.82) is 0 Å². The van der Waals surface area contributed by atoms with Crippen LogP contribution in [0.4, 0.5) is 8.78 Å². The molecule has 0 heterocycles. The summed E-state index contributed by atoms with van der Waals surface area (Å²) in [5.41, 5.74) is 0.0551. The Bertz CT molecular complexity index is 442. The lowest BCUT2D eigenvalue weighted by Crippen LogP contribution is -2.39. The number of aliphatic hydroxyl groups is 1. The molecule has 2 unspecified atom stereocenters. The molecule has 0 amide bonds. The van der Waals surface area contributed by atoms with Crippen molar-refractivity contribution in [2.75, 3.05) is 6.54 Å². The monoisotopic (exact) mass is 283 g/mol. The molecule has 0 saturated heterocycles. The number of benzene rings is 1. The average Bonchev–Trinajstić information content (AvgIpc) is 2.35. The normalized spacial score (nSPS) is 23.6. The van der Waals surface area contributed by atoms with Crippen LogP contribution in [0.5, 0.6) is 0 Å². The molecule has 0 aromatic heterocycles. The molecule has 2 N–H and O–H groups in total. The van der Waals surface area contributed by atoms with Gasteiger partial charge in [-0.15, -0.1) is 0 Å². The van der Waals surface area contributed by atoms with Crippen molar-refractivity contribution >= 4 is 0 Å². The summed E-state index contributed by atoms with van der Waals surface area (Å²) >= 11 is 0. The molecule has 2 rings (SSSR count). The lowest BCUT2D eigenvalue weighted by atomic mass is 9.75. The maximum Gasteiger partial charge on any atom is 0.131 e. The molecular weight excluding hydrogens is 260 g/mol. The molecule has 1 aromatic rings. The topological polar surface area (TPSA) is 32.3 Å². The van der Waals surface area contributed by atoms with E-state index in [2.05, 4.69) is 19.2 Å². The van der Waals surface area contributed by atoms with Crippen molar-refractivity contribution in [2.45, 2.75) is 51.7 Å². The quantitative estimate of drug-likeness (QED) is 0.885. The van der Waals surface area contributed by atoms with Gasteiger partial charge in [0, 0.05) is 12.6 Å². The van der Waals surface area contributed by atoms with Crippen molar-refractivity contribution < 1.29 is 13.9 Å². The molecule has 2 atom stereocenters. The van der Waals surface area contributed by atoms with E-state index in [9.17, 15) is 13.9 Å². The average molecular weight is 283 g/mol. The Morgan fingerprint density at radius 3 is 2.60 bits per heavy atom. The summed E-state index contributed by atoms with van der Waals surface area (Å²) in [4.78, 5) is 0. The molecule has 112 valence electrons. The molecule has 1 aliphatic rings. The minimum atomic E-state index is -1.15. The first-order chi connectivity index (χ1) is 9.39. The smallest absolute Gasteiger partial charge is 0.131 e. The second kappa shape index (κ2) is 6.19. The first-order valence-corrected chi connectivity index (χ1v) is 7.24. The molecule has 20 heavy (non-hydrogen) atoms. The lowest BCUT2D eigenvalue weighted by molar-refractivity contribution is 0.141. The van der Waals surface area contributed by atoms with Crippen LogP contribution in [0.1, 0.15) is 51.2 Å². The molecule has 0 spiro atoms. The van der Waals surface area contributed by atoms with Gasteiger partial charge < -0.3 is 10.4 Å². The van der Waals surface area contributed by atoms with Gasteiger partial charge in [-0.1, -0.05) is 26.3 Å². The molecule has 0 radical (unpaired) electrons. The first-order valence-electron chi connectivity index (χ1n) is 7.24. The largest absolute Gasteiger partial charge is 0.387 e. The minimum Gasteiger partial charge on any atom is -0.387 e. The molecule has 0 aliphatic heterocycles. The van der Waals surface area contributed by atoms with Crippen molar-refractivity contribution in [3.05, 3.63) is 35.4 Å². The number of nitrogens with one attached hydrogen (secondary N) is 1. The summed E-state index contributed by atoms with van der Waals surface area (Å²) in [6.07, 6.45) is 3.28. The zero-order valence-electron chi connectivity index (χ0n) is 12.1. The van der Waals surface area contributed by atoms with E-state index in [0.717, 1.165) is 19.3 Å². The molecule has 4 heteroatoms. The van der Waals surface area contributed by atoms with Crippen molar-refractivity contribution in [2.24, 2.45) is 5.41 Å². The van der Waals surface area contributed by atoms with E-state index in [4.69, 9.17) is 0 Å². The third-order valence-corrected chi connectivity index (χ3v) is 4.14. The molecule has 2 nitrogen and oxygen atoms in total. The maximum absolute atomic E-state index is 13.6. The second-order valence-corrected chi connectivity index (χ2v) is 6.52. The van der Waals surface area contributed by atoms with Crippen molar-refractivity contribution in [3.8, 4) is 0 Å². The molecule has 1 saturated carbocycles. The van der Waals surface area contributed by atoms with E-state index >= 15 is 0 Å². The summed E-state index contributed by atoms with van der Waals surface area (Å²) in [7, 11) is 0. The Morgan fingerprint density at radius 2 is 2.00 bits per heavy atom. The fourth-order valence-corrected chi connectivity index (χ4v) is 3.08. The van der Waals surface area contributed by atoms with Gasteiger partial charge in [0.05, 0.1) is 11.7 Å². The number of halogens is 2. The van der Waals surface area contributed by atoms with Crippen LogP contribution in [-0.2, 0) is 0 Å². The molecule has 1 fully saturated rings. The minimum absolute atomic E-state index is 0.179.